The lowest BCUT2D eigenvalue weighted by atomic mass is 10.0. The predicted octanol–water partition coefficient (Wildman–Crippen LogP) is 2.80. The lowest BCUT2D eigenvalue weighted by molar-refractivity contribution is 0.191. The first-order valence-electron chi connectivity index (χ1n) is 8.01. The van der Waals surface area contributed by atoms with Crippen LogP contribution in [0, 0.1) is 6.92 Å². The van der Waals surface area contributed by atoms with Crippen LogP contribution in [0.1, 0.15) is 24.1 Å². The second kappa shape index (κ2) is 6.51. The summed E-state index contributed by atoms with van der Waals surface area (Å²) >= 11 is 0. The van der Waals surface area contributed by atoms with Gasteiger partial charge in [0.2, 0.25) is 5.56 Å². The molecule has 2 aromatic heterocycles. The van der Waals surface area contributed by atoms with Crippen molar-refractivity contribution in [1.29, 1.82) is 0 Å². The second-order valence-electron chi connectivity index (χ2n) is 6.24. The fourth-order valence-electron chi connectivity index (χ4n) is 2.90. The highest BCUT2D eigenvalue weighted by Crippen LogP contribution is 2.28. The molecule has 2 N–H and O–H groups in total. The molecule has 1 aromatic carbocycles. The Bertz CT molecular complexity index is 1130. The molecular weight excluding hydrogens is 336 g/mol. The zero-order valence-corrected chi connectivity index (χ0v) is 14.6. The van der Waals surface area contributed by atoms with E-state index in [1.54, 1.807) is 38.4 Å². The number of carboxylic acid groups (broad SMARTS) is 1. The first-order chi connectivity index (χ1) is 12.3. The Kier molecular flexibility index (Phi) is 4.38. The maximum Gasteiger partial charge on any atom is 0.405 e. The smallest absolute Gasteiger partial charge is 0.405 e. The summed E-state index contributed by atoms with van der Waals surface area (Å²) in [5.74, 6) is 0.311. The van der Waals surface area contributed by atoms with Crippen molar-refractivity contribution in [2.45, 2.75) is 19.9 Å². The van der Waals surface area contributed by atoms with Gasteiger partial charge in [-0.1, -0.05) is 6.07 Å². The summed E-state index contributed by atoms with van der Waals surface area (Å²) in [6.45, 7) is 3.51. The van der Waals surface area contributed by atoms with Gasteiger partial charge in [0, 0.05) is 36.5 Å². The molecule has 1 amide bonds. The van der Waals surface area contributed by atoms with Gasteiger partial charge in [-0.25, -0.2) is 4.79 Å². The SMILES string of the molecule is Cc1cc([C@@H](C)NC(=O)O)c2oc(-c3ccc(=O)n(C)c3)cc(=O)c2c1. The maximum absolute atomic E-state index is 12.6. The van der Waals surface area contributed by atoms with Crippen molar-refractivity contribution in [2.75, 3.05) is 0 Å². The van der Waals surface area contributed by atoms with Crippen LogP contribution < -0.4 is 16.3 Å². The number of hydrogen-bond acceptors (Lipinski definition) is 4. The highest BCUT2D eigenvalue weighted by Gasteiger charge is 2.17. The first kappa shape index (κ1) is 17.5. The van der Waals surface area contributed by atoms with E-state index in [4.69, 9.17) is 9.52 Å². The molecule has 0 bridgehead atoms. The maximum atomic E-state index is 12.6. The van der Waals surface area contributed by atoms with Gasteiger partial charge in [-0.05, 0) is 31.5 Å². The number of nitrogens with one attached hydrogen (secondary N) is 1. The lowest BCUT2D eigenvalue weighted by Crippen LogP contribution is -2.25. The molecular formula is C19H18N2O5. The van der Waals surface area contributed by atoms with Gasteiger partial charge in [0.25, 0.3) is 0 Å². The fourth-order valence-corrected chi connectivity index (χ4v) is 2.90. The largest absolute Gasteiger partial charge is 0.465 e. The second-order valence-corrected chi connectivity index (χ2v) is 6.24. The molecule has 7 nitrogen and oxygen atoms in total. The molecule has 0 fully saturated rings. The molecule has 0 radical (unpaired) electrons. The molecule has 0 spiro atoms. The van der Waals surface area contributed by atoms with Gasteiger partial charge < -0.3 is 19.4 Å². The number of nitrogens with zero attached hydrogens (tertiary/aromatic N) is 1. The highest BCUT2D eigenvalue weighted by atomic mass is 16.4. The van der Waals surface area contributed by atoms with Crippen LogP contribution in [-0.4, -0.2) is 15.8 Å². The molecule has 0 saturated heterocycles. The topological polar surface area (TPSA) is 102 Å². The Balaban J connectivity index is 2.27. The van der Waals surface area contributed by atoms with Crippen molar-refractivity contribution in [3.8, 4) is 11.3 Å². The third-order valence-electron chi connectivity index (χ3n) is 4.18. The summed E-state index contributed by atoms with van der Waals surface area (Å²) in [6.07, 6.45) is 0.419. The Hall–Kier alpha value is -3.35. The van der Waals surface area contributed by atoms with Crippen LogP contribution in [-0.2, 0) is 7.05 Å². The minimum absolute atomic E-state index is 0.174. The predicted molar refractivity (Wildman–Crippen MR) is 97.5 cm³/mol. The third-order valence-corrected chi connectivity index (χ3v) is 4.18. The van der Waals surface area contributed by atoms with E-state index < -0.39 is 12.1 Å². The summed E-state index contributed by atoms with van der Waals surface area (Å²) in [7, 11) is 1.61. The van der Waals surface area contributed by atoms with Crippen molar-refractivity contribution < 1.29 is 14.3 Å². The van der Waals surface area contributed by atoms with Gasteiger partial charge in [-0.2, -0.15) is 0 Å². The van der Waals surface area contributed by atoms with E-state index in [0.717, 1.165) is 5.56 Å². The van der Waals surface area contributed by atoms with Crippen LogP contribution >= 0.6 is 0 Å². The molecule has 3 rings (SSSR count). The van der Waals surface area contributed by atoms with Crippen LogP contribution in [0.15, 0.2) is 50.5 Å². The van der Waals surface area contributed by atoms with E-state index in [0.29, 0.717) is 27.9 Å². The van der Waals surface area contributed by atoms with Crippen LogP contribution in [0.3, 0.4) is 0 Å². The average Bonchev–Trinajstić information content (AvgIpc) is 2.56. The quantitative estimate of drug-likeness (QED) is 0.753. The molecule has 0 saturated carbocycles. The number of amides is 1. The van der Waals surface area contributed by atoms with Gasteiger partial charge >= 0.3 is 6.09 Å². The molecule has 0 aliphatic rings. The van der Waals surface area contributed by atoms with E-state index in [1.807, 2.05) is 6.92 Å². The average molecular weight is 354 g/mol. The number of aromatic nitrogens is 1. The molecule has 0 aliphatic carbocycles. The van der Waals surface area contributed by atoms with Gasteiger partial charge in [-0.15, -0.1) is 0 Å². The number of benzene rings is 1. The van der Waals surface area contributed by atoms with Crippen molar-refractivity contribution in [2.24, 2.45) is 7.05 Å². The van der Waals surface area contributed by atoms with Crippen LogP contribution in [0.4, 0.5) is 4.79 Å². The normalized spacial score (nSPS) is 12.1. The molecule has 3 aromatic rings. The van der Waals surface area contributed by atoms with Crippen molar-refractivity contribution in [3.05, 3.63) is 68.2 Å². The van der Waals surface area contributed by atoms with Crippen LogP contribution in [0.2, 0.25) is 0 Å². The van der Waals surface area contributed by atoms with Crippen LogP contribution in [0.25, 0.3) is 22.3 Å². The Morgan fingerprint density at radius 2 is 1.96 bits per heavy atom. The number of pyridine rings is 1. The van der Waals surface area contributed by atoms with Gasteiger partial charge in [0.1, 0.15) is 11.3 Å². The monoisotopic (exact) mass is 354 g/mol. The van der Waals surface area contributed by atoms with Crippen molar-refractivity contribution in [1.82, 2.24) is 9.88 Å². The van der Waals surface area contributed by atoms with E-state index in [2.05, 4.69) is 5.32 Å². The van der Waals surface area contributed by atoms with E-state index in [9.17, 15) is 14.4 Å². The summed E-state index contributed by atoms with van der Waals surface area (Å²) in [6, 6.07) is 7.29. The number of aryl methyl sites for hydroxylation is 2. The zero-order chi connectivity index (χ0) is 19.0. The molecule has 1 atom stereocenters. The van der Waals surface area contributed by atoms with Crippen molar-refractivity contribution in [3.63, 3.8) is 0 Å². The van der Waals surface area contributed by atoms with Gasteiger partial charge in [-0.3, -0.25) is 9.59 Å². The number of carbonyl (C=O) groups is 1. The van der Waals surface area contributed by atoms with E-state index in [1.165, 1.54) is 16.7 Å². The minimum atomic E-state index is -1.16. The van der Waals surface area contributed by atoms with Gasteiger partial charge in [0.05, 0.1) is 11.4 Å². The lowest BCUT2D eigenvalue weighted by Gasteiger charge is -2.15. The molecule has 7 heteroatoms. The fraction of sp³-hybridized carbons (Fsp3) is 0.211. The van der Waals surface area contributed by atoms with E-state index in [-0.39, 0.29) is 11.0 Å². The summed E-state index contributed by atoms with van der Waals surface area (Å²) in [4.78, 5) is 35.2. The molecule has 134 valence electrons. The Labute approximate surface area is 148 Å². The third kappa shape index (κ3) is 3.23. The van der Waals surface area contributed by atoms with E-state index >= 15 is 0 Å². The van der Waals surface area contributed by atoms with Crippen molar-refractivity contribution >= 4 is 17.1 Å². The Morgan fingerprint density at radius 1 is 1.23 bits per heavy atom. The first-order valence-corrected chi connectivity index (χ1v) is 8.01. The molecule has 0 unspecified atom stereocenters. The summed E-state index contributed by atoms with van der Waals surface area (Å²) < 4.78 is 7.36. The van der Waals surface area contributed by atoms with Gasteiger partial charge in [0.15, 0.2) is 5.43 Å². The Morgan fingerprint density at radius 3 is 2.62 bits per heavy atom. The summed E-state index contributed by atoms with van der Waals surface area (Å²) in [5, 5.41) is 11.8. The number of fused-ring (bicyclic) bond motifs is 1. The molecule has 0 aliphatic heterocycles. The zero-order valence-electron chi connectivity index (χ0n) is 14.6. The molecule has 26 heavy (non-hydrogen) atoms. The number of rotatable bonds is 3. The highest BCUT2D eigenvalue weighted by molar-refractivity contribution is 5.83. The minimum Gasteiger partial charge on any atom is -0.465 e. The van der Waals surface area contributed by atoms with Crippen LogP contribution in [0.5, 0.6) is 0 Å². The molecule has 2 heterocycles. The summed E-state index contributed by atoms with van der Waals surface area (Å²) in [5.41, 5.74) is 1.90. The number of hydrogen-bond donors (Lipinski definition) is 2. The standard InChI is InChI=1S/C19H18N2O5/c1-10-6-13(11(2)20-19(24)25)18-14(7-10)15(22)8-16(26-18)12-4-5-17(23)21(3)9-12/h4-9,11,20H,1-3H3,(H,24,25)/t11-/m1/s1.